The number of carbonyl (C=O) groups is 2. The molecule has 4 rings (SSSR count). The van der Waals surface area contributed by atoms with E-state index in [1.165, 1.54) is 13.5 Å². The average Bonchev–Trinajstić information content (AvgIpc) is 3.38. The van der Waals surface area contributed by atoms with Gasteiger partial charge in [0, 0.05) is 26.2 Å². The van der Waals surface area contributed by atoms with Gasteiger partial charge in [0.05, 0.1) is 11.1 Å². The first-order valence-electron chi connectivity index (χ1n) is 9.21. The highest BCUT2D eigenvalue weighted by Crippen LogP contribution is 2.50. The topological polar surface area (TPSA) is 124 Å². The van der Waals surface area contributed by atoms with Gasteiger partial charge in [0.15, 0.2) is 12.2 Å². The largest absolute Gasteiger partial charge is 0.438 e. The molecule has 10 nitrogen and oxygen atoms in total. The third kappa shape index (κ3) is 3.07. The van der Waals surface area contributed by atoms with Gasteiger partial charge in [-0.1, -0.05) is 5.16 Å². The molecule has 2 amide bonds. The number of carbonyl (C=O) groups excluding carboxylic acids is 2. The molecule has 1 aliphatic heterocycles. The molecule has 10 heteroatoms. The molecule has 2 aromatic heterocycles. The van der Waals surface area contributed by atoms with Crippen LogP contribution in [0.25, 0.3) is 0 Å². The van der Waals surface area contributed by atoms with Crippen LogP contribution in [-0.2, 0) is 14.9 Å². The molecule has 1 saturated heterocycles. The molecule has 1 unspecified atom stereocenters. The van der Waals surface area contributed by atoms with Crippen LogP contribution in [0.5, 0.6) is 0 Å². The number of aryl methyl sites for hydroxylation is 2. The van der Waals surface area contributed by atoms with E-state index in [0.717, 1.165) is 0 Å². The molecule has 1 aliphatic carbocycles. The van der Waals surface area contributed by atoms with Crippen molar-refractivity contribution in [1.29, 1.82) is 0 Å². The predicted molar refractivity (Wildman–Crippen MR) is 94.4 cm³/mol. The van der Waals surface area contributed by atoms with Crippen molar-refractivity contribution in [2.75, 3.05) is 26.8 Å². The van der Waals surface area contributed by atoms with Crippen molar-refractivity contribution in [1.82, 2.24) is 25.3 Å². The number of hydrogen-bond acceptors (Lipinski definition) is 8. The van der Waals surface area contributed by atoms with Crippen LogP contribution < -0.4 is 5.32 Å². The Balaban J connectivity index is 1.55. The quantitative estimate of drug-likeness (QED) is 0.789. The number of fused-ring (bicyclic) bond motifs is 1. The van der Waals surface area contributed by atoms with E-state index in [1.54, 1.807) is 18.7 Å². The van der Waals surface area contributed by atoms with E-state index in [9.17, 15) is 9.59 Å². The number of methoxy groups -OCH3 is 1. The van der Waals surface area contributed by atoms with Crippen LogP contribution in [0.4, 0.5) is 0 Å². The molecule has 0 bridgehead atoms. The summed E-state index contributed by atoms with van der Waals surface area (Å²) in [4.78, 5) is 35.1. The van der Waals surface area contributed by atoms with E-state index in [-0.39, 0.29) is 36.1 Å². The molecule has 1 saturated carbocycles. The number of amides is 2. The second kappa shape index (κ2) is 7.01. The summed E-state index contributed by atoms with van der Waals surface area (Å²) < 4.78 is 15.7. The van der Waals surface area contributed by atoms with Crippen molar-refractivity contribution in [3.05, 3.63) is 29.6 Å². The van der Waals surface area contributed by atoms with Gasteiger partial charge in [-0.25, -0.2) is 4.98 Å². The Hall–Kier alpha value is -2.75. The zero-order valence-corrected chi connectivity index (χ0v) is 16.1. The zero-order valence-electron chi connectivity index (χ0n) is 16.1. The average molecular weight is 389 g/mol. The minimum Gasteiger partial charge on any atom is -0.438 e. The van der Waals surface area contributed by atoms with Gasteiger partial charge in [0.25, 0.3) is 5.91 Å². The van der Waals surface area contributed by atoms with Crippen LogP contribution in [-0.4, -0.2) is 64.7 Å². The van der Waals surface area contributed by atoms with Crippen LogP contribution in [0.15, 0.2) is 15.3 Å². The van der Waals surface area contributed by atoms with Crippen LogP contribution in [0.1, 0.15) is 40.8 Å². The molecule has 1 N–H and O–H groups in total. The number of likely N-dealkylation sites (tertiary alicyclic amines) is 1. The molecule has 3 atom stereocenters. The first kappa shape index (κ1) is 18.6. The van der Waals surface area contributed by atoms with Gasteiger partial charge in [0.2, 0.25) is 17.6 Å². The van der Waals surface area contributed by atoms with Crippen LogP contribution in [0, 0.1) is 19.8 Å². The van der Waals surface area contributed by atoms with E-state index >= 15 is 0 Å². The Morgan fingerprint density at radius 1 is 1.43 bits per heavy atom. The highest BCUT2D eigenvalue weighted by Gasteiger charge is 2.58. The van der Waals surface area contributed by atoms with Gasteiger partial charge >= 0.3 is 0 Å². The molecule has 2 aromatic rings. The second-order valence-electron chi connectivity index (χ2n) is 7.58. The minimum absolute atomic E-state index is 0.0383. The van der Waals surface area contributed by atoms with Crippen LogP contribution >= 0.6 is 0 Å². The summed E-state index contributed by atoms with van der Waals surface area (Å²) in [5, 5.41) is 6.97. The Morgan fingerprint density at radius 3 is 2.89 bits per heavy atom. The fourth-order valence-electron chi connectivity index (χ4n) is 4.49. The van der Waals surface area contributed by atoms with E-state index < -0.39 is 5.41 Å². The minimum atomic E-state index is -0.473. The lowest BCUT2D eigenvalue weighted by Gasteiger charge is -2.25. The number of hydrogen-bond donors (Lipinski definition) is 1. The molecule has 0 radical (unpaired) electrons. The number of oxazole rings is 1. The maximum absolute atomic E-state index is 12.5. The smallest absolute Gasteiger partial charge is 0.289 e. The number of nitrogens with zero attached hydrogens (tertiary/aromatic N) is 4. The zero-order chi connectivity index (χ0) is 19.9. The summed E-state index contributed by atoms with van der Waals surface area (Å²) in [5.74, 6) is 1.05. The van der Waals surface area contributed by atoms with Crippen molar-refractivity contribution in [3.8, 4) is 0 Å². The van der Waals surface area contributed by atoms with E-state index in [1.807, 2.05) is 0 Å². The maximum Gasteiger partial charge on any atom is 0.289 e. The van der Waals surface area contributed by atoms with E-state index in [4.69, 9.17) is 13.7 Å². The van der Waals surface area contributed by atoms with E-state index in [2.05, 4.69) is 20.4 Å². The van der Waals surface area contributed by atoms with Crippen molar-refractivity contribution in [2.24, 2.45) is 5.92 Å². The lowest BCUT2D eigenvalue weighted by Crippen LogP contribution is -2.40. The van der Waals surface area contributed by atoms with Crippen molar-refractivity contribution >= 4 is 11.8 Å². The summed E-state index contributed by atoms with van der Waals surface area (Å²) in [7, 11) is 1.50. The third-order valence-corrected chi connectivity index (χ3v) is 5.74. The number of nitrogens with one attached hydrogen (secondary N) is 1. The highest BCUT2D eigenvalue weighted by atomic mass is 16.5. The Bertz CT molecular complexity index is 893. The molecule has 0 spiro atoms. The first-order chi connectivity index (χ1) is 13.4. The fourth-order valence-corrected chi connectivity index (χ4v) is 4.49. The molecular weight excluding hydrogens is 366 g/mol. The van der Waals surface area contributed by atoms with E-state index in [0.29, 0.717) is 43.3 Å². The van der Waals surface area contributed by atoms with Crippen LogP contribution in [0.2, 0.25) is 0 Å². The monoisotopic (exact) mass is 389 g/mol. The third-order valence-electron chi connectivity index (χ3n) is 5.74. The lowest BCUT2D eigenvalue weighted by molar-refractivity contribution is -0.134. The summed E-state index contributed by atoms with van der Waals surface area (Å²) in [6.07, 6.45) is 2.57. The molecule has 150 valence electrons. The van der Waals surface area contributed by atoms with Gasteiger partial charge in [-0.05, 0) is 32.6 Å². The van der Waals surface area contributed by atoms with Gasteiger partial charge in [0.1, 0.15) is 6.61 Å². The Morgan fingerprint density at radius 2 is 2.25 bits per heavy atom. The van der Waals surface area contributed by atoms with Crippen molar-refractivity contribution in [2.45, 2.75) is 38.1 Å². The fraction of sp³-hybridized carbons (Fsp3) is 0.611. The molecule has 28 heavy (non-hydrogen) atoms. The summed E-state index contributed by atoms with van der Waals surface area (Å²) >= 11 is 0. The van der Waals surface area contributed by atoms with Gasteiger partial charge in [-0.3, -0.25) is 9.59 Å². The molecular formula is C18H23N5O5. The summed E-state index contributed by atoms with van der Waals surface area (Å²) in [6.45, 7) is 4.56. The first-order valence-corrected chi connectivity index (χ1v) is 9.21. The van der Waals surface area contributed by atoms with Gasteiger partial charge in [-0.15, -0.1) is 0 Å². The number of rotatable bonds is 5. The Kier molecular flexibility index (Phi) is 4.66. The lowest BCUT2D eigenvalue weighted by atomic mass is 9.80. The van der Waals surface area contributed by atoms with Crippen LogP contribution in [0.3, 0.4) is 0 Å². The number of ether oxygens (including phenoxy) is 1. The SMILES string of the molecule is COCC(=O)N1CC2C[C@@H](NC(=O)c3ocnc3C)C[C@]2(c2nc(C)no2)C1. The normalized spacial score (nSPS) is 26.5. The van der Waals surface area contributed by atoms with Gasteiger partial charge in [-0.2, -0.15) is 4.98 Å². The molecule has 2 fully saturated rings. The highest BCUT2D eigenvalue weighted by molar-refractivity contribution is 5.92. The maximum atomic E-state index is 12.5. The van der Waals surface area contributed by atoms with Crippen molar-refractivity contribution < 1.29 is 23.3 Å². The van der Waals surface area contributed by atoms with Crippen molar-refractivity contribution in [3.63, 3.8) is 0 Å². The number of aromatic nitrogens is 3. The molecule has 0 aromatic carbocycles. The molecule has 2 aliphatic rings. The summed E-state index contributed by atoms with van der Waals surface area (Å²) in [6, 6.07) is -0.0890. The predicted octanol–water partition coefficient (Wildman–Crippen LogP) is 0.609. The summed E-state index contributed by atoms with van der Waals surface area (Å²) in [5.41, 5.74) is 0.0771. The molecule has 3 heterocycles. The standard InChI is InChI=1S/C18H23N5O5/c1-10-15(27-9-19-10)16(25)21-13-4-12-6-23(14(24)7-26-3)8-18(12,5-13)17-20-11(2)22-28-17/h9,12-13H,4-8H2,1-3H3,(H,21,25)/t12?,13-,18+/m1/s1. The van der Waals surface area contributed by atoms with Gasteiger partial charge < -0.3 is 23.9 Å². The Labute approximate surface area is 161 Å². The second-order valence-corrected chi connectivity index (χ2v) is 7.58.